The average Bonchev–Trinajstić information content (AvgIpc) is 3.36. The first kappa shape index (κ1) is 27.8. The summed E-state index contributed by atoms with van der Waals surface area (Å²) in [5.41, 5.74) is -1.81. The Kier molecular flexibility index (Phi) is 7.98. The van der Waals surface area contributed by atoms with Gasteiger partial charge in [0.25, 0.3) is 5.91 Å². The fourth-order valence-corrected chi connectivity index (χ4v) is 5.55. The Morgan fingerprint density at radius 2 is 1.89 bits per heavy atom. The molecule has 1 saturated carbocycles. The van der Waals surface area contributed by atoms with E-state index in [1.807, 2.05) is 31.1 Å². The highest BCUT2D eigenvalue weighted by atomic mass is 19.4. The SMILES string of the molecule is CN(C)c1ccc(C2(O)CCC([C@]3(NC(=O)CNC(=O)c4cccc(C(F)(F)F)c4)CCNC3)CC2)cn1. The largest absolute Gasteiger partial charge is 0.416 e. The van der Waals surface area contributed by atoms with Gasteiger partial charge < -0.3 is 26.0 Å². The molecule has 0 spiro atoms. The average molecular weight is 534 g/mol. The zero-order valence-electron chi connectivity index (χ0n) is 21.6. The monoisotopic (exact) mass is 533 g/mol. The molecule has 11 heteroatoms. The van der Waals surface area contributed by atoms with Crippen molar-refractivity contribution in [3.8, 4) is 0 Å². The number of aromatic nitrogens is 1. The van der Waals surface area contributed by atoms with Crippen LogP contribution in [0.25, 0.3) is 0 Å². The number of halogens is 3. The number of benzene rings is 1. The quantitative estimate of drug-likeness (QED) is 0.436. The van der Waals surface area contributed by atoms with E-state index in [0.717, 1.165) is 36.1 Å². The van der Waals surface area contributed by atoms with Gasteiger partial charge in [-0.25, -0.2) is 4.98 Å². The molecule has 1 aliphatic carbocycles. The standard InChI is InChI=1S/C27H34F3N5O3/c1-35(2)22-7-6-21(15-32-22)26(38)10-8-19(9-11-26)25(12-13-31-17-25)34-23(36)16-33-24(37)18-4-3-5-20(14-18)27(28,29)30/h3-7,14-15,19,31,38H,8-13,16-17H2,1-2H3,(H,33,37)(H,34,36)/t19?,25-,26?/m0/s1. The third-order valence-electron chi connectivity index (χ3n) is 7.78. The van der Waals surface area contributed by atoms with Crippen LogP contribution >= 0.6 is 0 Å². The lowest BCUT2D eigenvalue weighted by molar-refractivity contribution is -0.137. The molecule has 1 atom stereocenters. The lowest BCUT2D eigenvalue weighted by atomic mass is 9.68. The van der Waals surface area contributed by atoms with Crippen molar-refractivity contribution in [3.05, 3.63) is 59.3 Å². The maximum atomic E-state index is 13.0. The van der Waals surface area contributed by atoms with E-state index >= 15 is 0 Å². The van der Waals surface area contributed by atoms with E-state index < -0.39 is 34.7 Å². The predicted octanol–water partition coefficient (Wildman–Crippen LogP) is 2.82. The zero-order valence-corrected chi connectivity index (χ0v) is 21.6. The van der Waals surface area contributed by atoms with Crippen LogP contribution in [0.2, 0.25) is 0 Å². The number of nitrogens with one attached hydrogen (secondary N) is 3. The smallest absolute Gasteiger partial charge is 0.385 e. The van der Waals surface area contributed by atoms with Crippen LogP contribution in [-0.4, -0.2) is 61.2 Å². The van der Waals surface area contributed by atoms with Gasteiger partial charge in [-0.2, -0.15) is 13.2 Å². The Hall–Kier alpha value is -3.18. The van der Waals surface area contributed by atoms with E-state index in [1.165, 1.54) is 6.07 Å². The summed E-state index contributed by atoms with van der Waals surface area (Å²) in [4.78, 5) is 31.6. The fraction of sp³-hybridized carbons (Fsp3) is 0.519. The molecule has 0 unspecified atom stereocenters. The Morgan fingerprint density at radius 3 is 2.47 bits per heavy atom. The van der Waals surface area contributed by atoms with E-state index in [2.05, 4.69) is 20.9 Å². The van der Waals surface area contributed by atoms with E-state index in [9.17, 15) is 27.9 Å². The lowest BCUT2D eigenvalue weighted by Crippen LogP contribution is -2.58. The van der Waals surface area contributed by atoms with Crippen LogP contribution in [-0.2, 0) is 16.6 Å². The molecule has 206 valence electrons. The summed E-state index contributed by atoms with van der Waals surface area (Å²) in [6, 6.07) is 7.88. The third-order valence-corrected chi connectivity index (χ3v) is 7.78. The maximum Gasteiger partial charge on any atom is 0.416 e. The van der Waals surface area contributed by atoms with Gasteiger partial charge in [-0.05, 0) is 68.8 Å². The van der Waals surface area contributed by atoms with Gasteiger partial charge in [0.2, 0.25) is 5.91 Å². The van der Waals surface area contributed by atoms with Gasteiger partial charge in [-0.15, -0.1) is 0 Å². The van der Waals surface area contributed by atoms with Crippen LogP contribution in [0.3, 0.4) is 0 Å². The Labute approximate surface area is 220 Å². The van der Waals surface area contributed by atoms with Gasteiger partial charge in [0.1, 0.15) is 5.82 Å². The van der Waals surface area contributed by atoms with Gasteiger partial charge >= 0.3 is 6.18 Å². The van der Waals surface area contributed by atoms with Gasteiger partial charge in [0, 0.05) is 38.0 Å². The molecule has 1 aromatic carbocycles. The van der Waals surface area contributed by atoms with Gasteiger partial charge in [0.15, 0.2) is 0 Å². The number of carbonyl (C=O) groups is 2. The Morgan fingerprint density at radius 1 is 1.16 bits per heavy atom. The molecule has 38 heavy (non-hydrogen) atoms. The number of pyridine rings is 1. The molecule has 4 N–H and O–H groups in total. The maximum absolute atomic E-state index is 13.0. The first-order valence-corrected chi connectivity index (χ1v) is 12.8. The second kappa shape index (κ2) is 10.9. The van der Waals surface area contributed by atoms with E-state index in [-0.39, 0.29) is 18.0 Å². The van der Waals surface area contributed by atoms with Crippen LogP contribution in [0.15, 0.2) is 42.6 Å². The molecule has 2 amide bonds. The topological polar surface area (TPSA) is 107 Å². The molecule has 1 aliphatic heterocycles. The molecule has 2 fully saturated rings. The minimum atomic E-state index is -4.56. The number of anilines is 1. The molecular weight excluding hydrogens is 499 g/mol. The second-order valence-electron chi connectivity index (χ2n) is 10.5. The molecule has 2 aliphatic rings. The number of carbonyl (C=O) groups excluding carboxylic acids is 2. The summed E-state index contributed by atoms with van der Waals surface area (Å²) in [5, 5.41) is 20.2. The molecule has 1 aromatic heterocycles. The third kappa shape index (κ3) is 6.10. The van der Waals surface area contributed by atoms with Crippen molar-refractivity contribution in [2.75, 3.05) is 38.6 Å². The van der Waals surface area contributed by atoms with Crippen molar-refractivity contribution >= 4 is 17.6 Å². The summed E-state index contributed by atoms with van der Waals surface area (Å²) in [7, 11) is 3.81. The van der Waals surface area contributed by atoms with Crippen LogP contribution in [0.5, 0.6) is 0 Å². The fourth-order valence-electron chi connectivity index (χ4n) is 5.55. The molecule has 2 aromatic rings. The summed E-state index contributed by atoms with van der Waals surface area (Å²) in [5.74, 6) is -0.223. The van der Waals surface area contributed by atoms with Crippen molar-refractivity contribution < 1.29 is 27.9 Å². The Bertz CT molecular complexity index is 1140. The summed E-state index contributed by atoms with van der Waals surface area (Å²) < 4.78 is 38.9. The zero-order chi connectivity index (χ0) is 27.6. The summed E-state index contributed by atoms with van der Waals surface area (Å²) >= 11 is 0. The van der Waals surface area contributed by atoms with Crippen LogP contribution in [0.4, 0.5) is 19.0 Å². The van der Waals surface area contributed by atoms with Crippen molar-refractivity contribution in [2.24, 2.45) is 5.92 Å². The minimum Gasteiger partial charge on any atom is -0.385 e. The van der Waals surface area contributed by atoms with Crippen molar-refractivity contribution in [2.45, 2.75) is 49.4 Å². The number of hydrogen-bond donors (Lipinski definition) is 4. The lowest BCUT2D eigenvalue weighted by Gasteiger charge is -2.44. The van der Waals surface area contributed by atoms with Crippen LogP contribution in [0.1, 0.15) is 53.6 Å². The van der Waals surface area contributed by atoms with Gasteiger partial charge in [-0.3, -0.25) is 9.59 Å². The summed E-state index contributed by atoms with van der Waals surface area (Å²) in [6.45, 7) is 0.952. The normalized spacial score (nSPS) is 25.6. The molecule has 1 saturated heterocycles. The highest BCUT2D eigenvalue weighted by Gasteiger charge is 2.47. The molecule has 0 radical (unpaired) electrons. The number of aliphatic hydroxyl groups is 1. The van der Waals surface area contributed by atoms with Crippen molar-refractivity contribution in [1.82, 2.24) is 20.9 Å². The van der Waals surface area contributed by atoms with E-state index in [0.29, 0.717) is 38.6 Å². The molecule has 0 bridgehead atoms. The van der Waals surface area contributed by atoms with Crippen molar-refractivity contribution in [1.29, 1.82) is 0 Å². The number of alkyl halides is 3. The van der Waals surface area contributed by atoms with E-state index in [4.69, 9.17) is 0 Å². The van der Waals surface area contributed by atoms with Crippen LogP contribution in [0, 0.1) is 5.92 Å². The first-order valence-electron chi connectivity index (χ1n) is 12.8. The first-order chi connectivity index (χ1) is 17.9. The van der Waals surface area contributed by atoms with Crippen LogP contribution < -0.4 is 20.9 Å². The number of nitrogens with zero attached hydrogens (tertiary/aromatic N) is 2. The Balaban J connectivity index is 1.35. The predicted molar refractivity (Wildman–Crippen MR) is 137 cm³/mol. The number of hydrogen-bond acceptors (Lipinski definition) is 6. The molecule has 4 rings (SSSR count). The highest BCUT2D eigenvalue weighted by molar-refractivity contribution is 5.96. The minimum absolute atomic E-state index is 0.120. The molecule has 8 nitrogen and oxygen atoms in total. The number of rotatable bonds is 7. The van der Waals surface area contributed by atoms with Gasteiger partial charge in [0.05, 0.1) is 23.2 Å². The number of amides is 2. The van der Waals surface area contributed by atoms with E-state index in [1.54, 1.807) is 6.20 Å². The second-order valence-corrected chi connectivity index (χ2v) is 10.5. The summed E-state index contributed by atoms with van der Waals surface area (Å²) in [6.07, 6.45) is 0.331. The van der Waals surface area contributed by atoms with Crippen molar-refractivity contribution in [3.63, 3.8) is 0 Å². The van der Waals surface area contributed by atoms with Gasteiger partial charge in [-0.1, -0.05) is 12.1 Å². The highest BCUT2D eigenvalue weighted by Crippen LogP contribution is 2.44. The molecular formula is C27H34F3N5O3. The molecule has 2 heterocycles.